The molecule has 1 aromatic heterocycles. The van der Waals surface area contributed by atoms with Gasteiger partial charge < -0.3 is 11.1 Å². The van der Waals surface area contributed by atoms with Gasteiger partial charge in [0.15, 0.2) is 5.82 Å². The van der Waals surface area contributed by atoms with Gasteiger partial charge in [-0.05, 0) is 18.2 Å². The van der Waals surface area contributed by atoms with Gasteiger partial charge in [0.25, 0.3) is 0 Å². The number of aromatic nitrogens is 1. The van der Waals surface area contributed by atoms with E-state index in [0.29, 0.717) is 0 Å². The first-order chi connectivity index (χ1) is 9.29. The maximum Gasteiger partial charge on any atom is 0.418 e. The third-order valence-electron chi connectivity index (χ3n) is 2.44. The Bertz CT molecular complexity index is 644. The number of nitrogen functional groups attached to an aromatic ring is 1. The lowest BCUT2D eigenvalue weighted by Crippen LogP contribution is -2.09. The summed E-state index contributed by atoms with van der Waals surface area (Å²) in [4.78, 5) is 3.83. The molecule has 3 N–H and O–H groups in total. The number of hydrogen-bond acceptors (Lipinski definition) is 3. The zero-order chi connectivity index (χ0) is 14.9. The van der Waals surface area contributed by atoms with E-state index in [4.69, 9.17) is 28.9 Å². The maximum absolute atomic E-state index is 12.9. The summed E-state index contributed by atoms with van der Waals surface area (Å²) in [6, 6.07) is 6.29. The van der Waals surface area contributed by atoms with Crippen molar-refractivity contribution < 1.29 is 13.2 Å². The quantitative estimate of drug-likeness (QED) is 0.840. The second-order valence-electron chi connectivity index (χ2n) is 3.85. The van der Waals surface area contributed by atoms with E-state index in [9.17, 15) is 13.2 Å². The van der Waals surface area contributed by atoms with Crippen LogP contribution in [0.3, 0.4) is 0 Å². The molecule has 8 heteroatoms. The van der Waals surface area contributed by atoms with Gasteiger partial charge >= 0.3 is 6.18 Å². The van der Waals surface area contributed by atoms with Crippen LogP contribution in [-0.2, 0) is 6.18 Å². The highest BCUT2D eigenvalue weighted by Gasteiger charge is 2.33. The summed E-state index contributed by atoms with van der Waals surface area (Å²) in [5.41, 5.74) is 4.51. The normalized spacial score (nSPS) is 11.4. The molecule has 0 aliphatic heterocycles. The van der Waals surface area contributed by atoms with Crippen LogP contribution in [0.1, 0.15) is 5.56 Å². The van der Waals surface area contributed by atoms with E-state index in [1.165, 1.54) is 24.3 Å². The Balaban J connectivity index is 2.43. The number of para-hydroxylation sites is 1. The lowest BCUT2D eigenvalue weighted by atomic mass is 10.1. The molecule has 0 aliphatic rings. The van der Waals surface area contributed by atoms with Crippen molar-refractivity contribution in [1.82, 2.24) is 4.98 Å². The average molecular weight is 322 g/mol. The number of hydrogen-bond donors (Lipinski definition) is 2. The van der Waals surface area contributed by atoms with E-state index < -0.39 is 11.7 Å². The number of anilines is 3. The summed E-state index contributed by atoms with van der Waals surface area (Å²) in [6.45, 7) is 0. The lowest BCUT2D eigenvalue weighted by Gasteiger charge is -2.15. The minimum Gasteiger partial charge on any atom is -0.382 e. The largest absolute Gasteiger partial charge is 0.418 e. The SMILES string of the molecule is Nc1nc(Nc2ccccc2C(F)(F)F)c(Cl)cc1Cl. The Morgan fingerprint density at radius 3 is 2.40 bits per heavy atom. The van der Waals surface area contributed by atoms with E-state index >= 15 is 0 Å². The van der Waals surface area contributed by atoms with Gasteiger partial charge in [0.05, 0.1) is 21.3 Å². The molecular formula is C12H8Cl2F3N3. The van der Waals surface area contributed by atoms with Crippen molar-refractivity contribution in [2.75, 3.05) is 11.1 Å². The van der Waals surface area contributed by atoms with Crippen molar-refractivity contribution in [2.24, 2.45) is 0 Å². The number of nitrogens with two attached hydrogens (primary N) is 1. The number of alkyl halides is 3. The van der Waals surface area contributed by atoms with Crippen LogP contribution in [0.4, 0.5) is 30.5 Å². The summed E-state index contributed by atoms with van der Waals surface area (Å²) in [5.74, 6) is -0.0201. The van der Waals surface area contributed by atoms with Gasteiger partial charge in [0.2, 0.25) is 0 Å². The van der Waals surface area contributed by atoms with E-state index in [1.807, 2.05) is 0 Å². The van der Waals surface area contributed by atoms with E-state index in [1.54, 1.807) is 0 Å². The first-order valence-electron chi connectivity index (χ1n) is 5.34. The summed E-state index contributed by atoms with van der Waals surface area (Å²) in [6.07, 6.45) is -4.49. The van der Waals surface area contributed by atoms with Crippen LogP contribution in [0, 0.1) is 0 Å². The van der Waals surface area contributed by atoms with E-state index in [2.05, 4.69) is 10.3 Å². The minimum absolute atomic E-state index is 0.00488. The number of nitrogens with one attached hydrogen (secondary N) is 1. The first kappa shape index (κ1) is 14.7. The van der Waals surface area contributed by atoms with Crippen LogP contribution < -0.4 is 11.1 Å². The van der Waals surface area contributed by atoms with Crippen LogP contribution in [0.5, 0.6) is 0 Å². The predicted molar refractivity (Wildman–Crippen MR) is 73.4 cm³/mol. The molecule has 0 amide bonds. The summed E-state index contributed by atoms with van der Waals surface area (Å²) >= 11 is 11.6. The third kappa shape index (κ3) is 3.08. The summed E-state index contributed by atoms with van der Waals surface area (Å²) in [7, 11) is 0. The Labute approximate surface area is 122 Å². The molecule has 0 spiro atoms. The van der Waals surface area contributed by atoms with E-state index in [-0.39, 0.29) is 27.4 Å². The second kappa shape index (κ2) is 5.38. The van der Waals surface area contributed by atoms with Crippen LogP contribution in [0.2, 0.25) is 10.0 Å². The van der Waals surface area contributed by atoms with Crippen LogP contribution in [-0.4, -0.2) is 4.98 Å². The zero-order valence-corrected chi connectivity index (χ0v) is 11.3. The number of halogens is 5. The Morgan fingerprint density at radius 2 is 1.75 bits per heavy atom. The molecule has 0 saturated heterocycles. The van der Waals surface area contributed by atoms with Gasteiger partial charge in [-0.1, -0.05) is 35.3 Å². The maximum atomic E-state index is 12.9. The number of pyridine rings is 1. The molecule has 0 unspecified atom stereocenters. The van der Waals surface area contributed by atoms with Crippen LogP contribution in [0.15, 0.2) is 30.3 Å². The van der Waals surface area contributed by atoms with Crippen LogP contribution in [0.25, 0.3) is 0 Å². The molecule has 0 radical (unpaired) electrons. The van der Waals surface area contributed by atoms with Gasteiger partial charge in [-0.15, -0.1) is 0 Å². The Kier molecular flexibility index (Phi) is 3.96. The molecule has 0 fully saturated rings. The standard InChI is InChI=1S/C12H8Cl2F3N3/c13-7-5-8(14)11(20-10(7)18)19-9-4-2-1-3-6(9)12(15,16)17/h1-5H,(H3,18,19,20). The van der Waals surface area contributed by atoms with Crippen LogP contribution >= 0.6 is 23.2 Å². The molecule has 2 rings (SSSR count). The molecule has 106 valence electrons. The van der Waals surface area contributed by atoms with Gasteiger partial charge in [-0.25, -0.2) is 4.98 Å². The van der Waals surface area contributed by atoms with Gasteiger partial charge in [0.1, 0.15) is 5.82 Å². The fraction of sp³-hybridized carbons (Fsp3) is 0.0833. The lowest BCUT2D eigenvalue weighted by molar-refractivity contribution is -0.136. The van der Waals surface area contributed by atoms with E-state index in [0.717, 1.165) is 6.07 Å². The molecule has 0 aliphatic carbocycles. The van der Waals surface area contributed by atoms with Crippen molar-refractivity contribution in [1.29, 1.82) is 0 Å². The molecule has 1 aromatic carbocycles. The highest BCUT2D eigenvalue weighted by Crippen LogP contribution is 2.37. The highest BCUT2D eigenvalue weighted by atomic mass is 35.5. The molecule has 20 heavy (non-hydrogen) atoms. The molecular weight excluding hydrogens is 314 g/mol. The third-order valence-corrected chi connectivity index (χ3v) is 3.03. The number of rotatable bonds is 2. The number of nitrogens with zero attached hydrogens (tertiary/aromatic N) is 1. The predicted octanol–water partition coefficient (Wildman–Crippen LogP) is 4.73. The molecule has 0 atom stereocenters. The minimum atomic E-state index is -4.49. The monoisotopic (exact) mass is 321 g/mol. The molecule has 2 aromatic rings. The number of benzene rings is 1. The van der Waals surface area contributed by atoms with Gasteiger partial charge in [-0.3, -0.25) is 0 Å². The topological polar surface area (TPSA) is 50.9 Å². The molecule has 3 nitrogen and oxygen atoms in total. The second-order valence-corrected chi connectivity index (χ2v) is 4.67. The first-order valence-corrected chi connectivity index (χ1v) is 6.09. The fourth-order valence-electron chi connectivity index (χ4n) is 1.54. The smallest absolute Gasteiger partial charge is 0.382 e. The summed E-state index contributed by atoms with van der Waals surface area (Å²) in [5, 5.41) is 2.71. The van der Waals surface area contributed by atoms with Gasteiger partial charge in [-0.2, -0.15) is 13.2 Å². The summed E-state index contributed by atoms with van der Waals surface area (Å²) < 4.78 is 38.6. The van der Waals surface area contributed by atoms with Crippen molar-refractivity contribution in [3.63, 3.8) is 0 Å². The average Bonchev–Trinajstić information content (AvgIpc) is 2.35. The highest BCUT2D eigenvalue weighted by molar-refractivity contribution is 6.37. The molecule has 1 heterocycles. The van der Waals surface area contributed by atoms with Crippen molar-refractivity contribution in [3.8, 4) is 0 Å². The van der Waals surface area contributed by atoms with Crippen molar-refractivity contribution in [2.45, 2.75) is 6.18 Å². The van der Waals surface area contributed by atoms with Crippen molar-refractivity contribution in [3.05, 3.63) is 45.9 Å². The van der Waals surface area contributed by atoms with Crippen molar-refractivity contribution >= 4 is 40.5 Å². The molecule has 0 saturated carbocycles. The Morgan fingerprint density at radius 1 is 1.10 bits per heavy atom. The Hall–Kier alpha value is -1.66. The zero-order valence-electron chi connectivity index (χ0n) is 9.80. The fourth-order valence-corrected chi connectivity index (χ4v) is 1.94. The molecule has 0 bridgehead atoms. The van der Waals surface area contributed by atoms with Gasteiger partial charge in [0, 0.05) is 0 Å².